The van der Waals surface area contributed by atoms with Crippen molar-refractivity contribution >= 4 is 33.2 Å². The largest absolute Gasteiger partial charge is 0.472 e. The molecule has 1 amide bonds. The highest BCUT2D eigenvalue weighted by Crippen LogP contribution is 2.33. The van der Waals surface area contributed by atoms with Crippen LogP contribution < -0.4 is 0 Å². The molecule has 2 aromatic heterocycles. The van der Waals surface area contributed by atoms with Gasteiger partial charge in [0.25, 0.3) is 5.91 Å². The fraction of sp³-hybridized carbons (Fsp3) is 0.263. The molecule has 0 atom stereocenters. The van der Waals surface area contributed by atoms with Gasteiger partial charge in [-0.2, -0.15) is 0 Å². The summed E-state index contributed by atoms with van der Waals surface area (Å²) >= 11 is 5.23. The van der Waals surface area contributed by atoms with Crippen LogP contribution in [0.3, 0.4) is 0 Å². The zero-order valence-corrected chi connectivity index (χ0v) is 15.9. The maximum absolute atomic E-state index is 12.4. The lowest BCUT2D eigenvalue weighted by atomic mass is 9.97. The van der Waals surface area contributed by atoms with Crippen LogP contribution in [-0.2, 0) is 0 Å². The van der Waals surface area contributed by atoms with Gasteiger partial charge < -0.3 is 9.32 Å². The lowest BCUT2D eigenvalue weighted by Crippen LogP contribution is -2.37. The van der Waals surface area contributed by atoms with Gasteiger partial charge in [-0.25, -0.2) is 4.98 Å². The maximum atomic E-state index is 12.4. The Kier molecular flexibility index (Phi) is 4.72. The Balaban J connectivity index is 1.42. The second-order valence-corrected chi connectivity index (χ2v) is 7.97. The molecule has 6 heteroatoms. The Bertz CT molecular complexity index is 867. The average molecular weight is 417 g/mol. The normalized spacial score (nSPS) is 15.5. The van der Waals surface area contributed by atoms with Crippen molar-refractivity contribution in [2.24, 2.45) is 0 Å². The van der Waals surface area contributed by atoms with E-state index in [1.54, 1.807) is 23.7 Å². The van der Waals surface area contributed by atoms with Crippen molar-refractivity contribution in [2.75, 3.05) is 13.1 Å². The van der Waals surface area contributed by atoms with Crippen LogP contribution in [0, 0.1) is 0 Å². The third-order valence-electron chi connectivity index (χ3n) is 4.54. The molecule has 1 aliphatic heterocycles. The summed E-state index contributed by atoms with van der Waals surface area (Å²) in [7, 11) is 0. The summed E-state index contributed by atoms with van der Waals surface area (Å²) in [6, 6.07) is 9.93. The summed E-state index contributed by atoms with van der Waals surface area (Å²) in [6.07, 6.45) is 4.96. The number of carbonyl (C=O) groups excluding carboxylic acids is 1. The molecule has 3 aromatic rings. The van der Waals surface area contributed by atoms with Gasteiger partial charge in [-0.15, -0.1) is 11.3 Å². The van der Waals surface area contributed by atoms with Gasteiger partial charge in [0.05, 0.1) is 22.5 Å². The SMILES string of the molecule is O=C(c1ccoc1)N1CCC(c2nc(-c3cccc(Br)c3)cs2)CC1. The van der Waals surface area contributed by atoms with Gasteiger partial charge in [0.1, 0.15) is 6.26 Å². The van der Waals surface area contributed by atoms with Crippen LogP contribution >= 0.6 is 27.3 Å². The van der Waals surface area contributed by atoms with Gasteiger partial charge in [-0.3, -0.25) is 4.79 Å². The van der Waals surface area contributed by atoms with E-state index in [0.717, 1.165) is 41.7 Å². The smallest absolute Gasteiger partial charge is 0.257 e. The first kappa shape index (κ1) is 16.5. The van der Waals surface area contributed by atoms with E-state index in [1.165, 1.54) is 11.3 Å². The van der Waals surface area contributed by atoms with E-state index in [9.17, 15) is 4.79 Å². The van der Waals surface area contributed by atoms with Crippen LogP contribution in [0.25, 0.3) is 11.3 Å². The van der Waals surface area contributed by atoms with Crippen LogP contribution in [-0.4, -0.2) is 28.9 Å². The summed E-state index contributed by atoms with van der Waals surface area (Å²) in [4.78, 5) is 19.1. The number of aromatic nitrogens is 1. The molecule has 4 nitrogen and oxygen atoms in total. The maximum Gasteiger partial charge on any atom is 0.257 e. The predicted octanol–water partition coefficient (Wildman–Crippen LogP) is 5.19. The van der Waals surface area contributed by atoms with Crippen molar-refractivity contribution in [1.82, 2.24) is 9.88 Å². The third kappa shape index (κ3) is 3.55. The van der Waals surface area contributed by atoms with E-state index < -0.39 is 0 Å². The number of nitrogens with zero attached hydrogens (tertiary/aromatic N) is 2. The topological polar surface area (TPSA) is 46.3 Å². The number of furan rings is 1. The third-order valence-corrected chi connectivity index (χ3v) is 6.04. The molecular weight excluding hydrogens is 400 g/mol. The Morgan fingerprint density at radius 2 is 2.12 bits per heavy atom. The minimum absolute atomic E-state index is 0.0566. The molecule has 1 fully saturated rings. The second-order valence-electron chi connectivity index (χ2n) is 6.16. The van der Waals surface area contributed by atoms with Crippen molar-refractivity contribution in [3.05, 3.63) is 63.3 Å². The average Bonchev–Trinajstić information content (AvgIpc) is 3.33. The number of hydrogen-bond donors (Lipinski definition) is 0. The first-order valence-electron chi connectivity index (χ1n) is 8.23. The molecule has 0 saturated carbocycles. The number of halogens is 1. The van der Waals surface area contributed by atoms with Gasteiger partial charge >= 0.3 is 0 Å². The van der Waals surface area contributed by atoms with Crippen LogP contribution in [0.5, 0.6) is 0 Å². The molecule has 3 heterocycles. The fourth-order valence-corrected chi connectivity index (χ4v) is 4.55. The minimum Gasteiger partial charge on any atom is -0.472 e. The van der Waals surface area contributed by atoms with Gasteiger partial charge in [0.2, 0.25) is 0 Å². The quantitative estimate of drug-likeness (QED) is 0.590. The lowest BCUT2D eigenvalue weighted by molar-refractivity contribution is 0.0712. The lowest BCUT2D eigenvalue weighted by Gasteiger charge is -2.30. The van der Waals surface area contributed by atoms with Crippen molar-refractivity contribution < 1.29 is 9.21 Å². The summed E-state index contributed by atoms with van der Waals surface area (Å²) in [5.74, 6) is 0.487. The molecule has 4 rings (SSSR count). The second kappa shape index (κ2) is 7.14. The predicted molar refractivity (Wildman–Crippen MR) is 102 cm³/mol. The van der Waals surface area contributed by atoms with Crippen molar-refractivity contribution in [2.45, 2.75) is 18.8 Å². The van der Waals surface area contributed by atoms with E-state index in [2.05, 4.69) is 33.4 Å². The molecule has 0 radical (unpaired) electrons. The molecule has 0 bridgehead atoms. The van der Waals surface area contributed by atoms with E-state index in [0.29, 0.717) is 11.5 Å². The van der Waals surface area contributed by atoms with Gasteiger partial charge in [0, 0.05) is 34.4 Å². The molecule has 0 unspecified atom stereocenters. The Labute approximate surface area is 158 Å². The molecular formula is C19H17BrN2O2S. The molecule has 25 heavy (non-hydrogen) atoms. The van der Waals surface area contributed by atoms with Crippen molar-refractivity contribution in [3.63, 3.8) is 0 Å². The van der Waals surface area contributed by atoms with Gasteiger partial charge in [-0.1, -0.05) is 28.1 Å². The number of rotatable bonds is 3. The highest BCUT2D eigenvalue weighted by Gasteiger charge is 2.26. The van der Waals surface area contributed by atoms with Crippen LogP contribution in [0.4, 0.5) is 0 Å². The first-order valence-corrected chi connectivity index (χ1v) is 9.91. The van der Waals surface area contributed by atoms with Crippen LogP contribution in [0.2, 0.25) is 0 Å². The number of benzene rings is 1. The summed E-state index contributed by atoms with van der Waals surface area (Å²) < 4.78 is 6.07. The summed E-state index contributed by atoms with van der Waals surface area (Å²) in [5, 5.41) is 3.30. The zero-order chi connectivity index (χ0) is 17.2. The van der Waals surface area contributed by atoms with E-state index in [1.807, 2.05) is 17.0 Å². The molecule has 0 aliphatic carbocycles. The molecule has 1 aromatic carbocycles. The Morgan fingerprint density at radius 1 is 1.28 bits per heavy atom. The van der Waals surface area contributed by atoms with Gasteiger partial charge in [0.15, 0.2) is 0 Å². The minimum atomic E-state index is 0.0566. The molecule has 1 aliphatic rings. The highest BCUT2D eigenvalue weighted by atomic mass is 79.9. The molecule has 0 spiro atoms. The first-order chi connectivity index (χ1) is 12.2. The monoisotopic (exact) mass is 416 g/mol. The Morgan fingerprint density at radius 3 is 2.84 bits per heavy atom. The summed E-state index contributed by atoms with van der Waals surface area (Å²) in [5.41, 5.74) is 2.78. The van der Waals surface area contributed by atoms with Crippen LogP contribution in [0.1, 0.15) is 34.1 Å². The van der Waals surface area contributed by atoms with E-state index in [4.69, 9.17) is 9.40 Å². The standard InChI is InChI=1S/C19H17BrN2O2S/c20-16-3-1-2-14(10-16)17-12-25-18(21-17)13-4-7-22(8-5-13)19(23)15-6-9-24-11-15/h1-3,6,9-13H,4-5,7-8H2. The van der Waals surface area contributed by atoms with Crippen molar-refractivity contribution in [1.29, 1.82) is 0 Å². The fourth-order valence-electron chi connectivity index (χ4n) is 3.15. The number of hydrogen-bond acceptors (Lipinski definition) is 4. The van der Waals surface area contributed by atoms with Crippen molar-refractivity contribution in [3.8, 4) is 11.3 Å². The number of carbonyl (C=O) groups is 1. The number of piperidine rings is 1. The molecule has 1 saturated heterocycles. The molecule has 128 valence electrons. The molecule has 0 N–H and O–H groups in total. The number of likely N-dealkylation sites (tertiary alicyclic amines) is 1. The van der Waals surface area contributed by atoms with Crippen LogP contribution in [0.15, 0.2) is 57.1 Å². The highest BCUT2D eigenvalue weighted by molar-refractivity contribution is 9.10. The Hall–Kier alpha value is -1.92. The van der Waals surface area contributed by atoms with E-state index in [-0.39, 0.29) is 5.91 Å². The number of amides is 1. The summed E-state index contributed by atoms with van der Waals surface area (Å²) in [6.45, 7) is 1.53. The zero-order valence-electron chi connectivity index (χ0n) is 13.5. The van der Waals surface area contributed by atoms with Gasteiger partial charge in [-0.05, 0) is 31.0 Å². The van der Waals surface area contributed by atoms with E-state index >= 15 is 0 Å². The number of thiazole rings is 1.